The minimum absolute atomic E-state index is 0.205. The average molecular weight is 250 g/mol. The lowest BCUT2D eigenvalue weighted by molar-refractivity contribution is -0.126. The molecule has 1 rings (SSSR count). The minimum Gasteiger partial charge on any atom is -0.494 e. The van der Waals surface area contributed by atoms with Crippen molar-refractivity contribution in [1.29, 1.82) is 0 Å². The molecule has 0 aliphatic carbocycles. The number of carbonyl (C=O) groups excluding carboxylic acids is 1. The minimum atomic E-state index is -0.599. The van der Waals surface area contributed by atoms with Crippen LogP contribution in [0.1, 0.15) is 38.8 Å². The van der Waals surface area contributed by atoms with Gasteiger partial charge in [0.2, 0.25) is 5.91 Å². The fourth-order valence-electron chi connectivity index (χ4n) is 1.75. The van der Waals surface area contributed by atoms with E-state index >= 15 is 0 Å². The first-order chi connectivity index (χ1) is 8.36. The van der Waals surface area contributed by atoms with E-state index in [2.05, 4.69) is 0 Å². The maximum Gasteiger partial charge on any atom is 0.223 e. The van der Waals surface area contributed by atoms with Gasteiger partial charge in [0.15, 0.2) is 0 Å². The highest BCUT2D eigenvalue weighted by Crippen LogP contribution is 2.28. The van der Waals surface area contributed by atoms with E-state index in [-0.39, 0.29) is 11.9 Å². The molecule has 1 unspecified atom stereocenters. The molecule has 100 valence electrons. The van der Waals surface area contributed by atoms with Crippen molar-refractivity contribution in [2.75, 3.05) is 6.61 Å². The lowest BCUT2D eigenvalue weighted by atomic mass is 9.83. The SMILES string of the molecule is CCOc1ccc(C(N)CC(C)(C)C(N)=O)cc1. The predicted molar refractivity (Wildman–Crippen MR) is 72.1 cm³/mol. The van der Waals surface area contributed by atoms with E-state index in [0.29, 0.717) is 13.0 Å². The van der Waals surface area contributed by atoms with E-state index in [4.69, 9.17) is 16.2 Å². The summed E-state index contributed by atoms with van der Waals surface area (Å²) in [6.45, 7) is 6.20. The van der Waals surface area contributed by atoms with Crippen molar-refractivity contribution in [3.8, 4) is 5.75 Å². The maximum absolute atomic E-state index is 11.3. The molecule has 1 atom stereocenters. The summed E-state index contributed by atoms with van der Waals surface area (Å²) in [6.07, 6.45) is 0.524. The third-order valence-corrected chi connectivity index (χ3v) is 3.02. The number of primary amides is 1. The van der Waals surface area contributed by atoms with Gasteiger partial charge in [0, 0.05) is 11.5 Å². The molecule has 1 aromatic rings. The van der Waals surface area contributed by atoms with Crippen molar-refractivity contribution >= 4 is 5.91 Å². The van der Waals surface area contributed by atoms with Gasteiger partial charge in [-0.1, -0.05) is 26.0 Å². The van der Waals surface area contributed by atoms with Crippen LogP contribution in [-0.2, 0) is 4.79 Å². The fraction of sp³-hybridized carbons (Fsp3) is 0.500. The molecule has 0 bridgehead atoms. The first kappa shape index (κ1) is 14.5. The van der Waals surface area contributed by atoms with E-state index in [1.807, 2.05) is 45.0 Å². The Morgan fingerprint density at radius 2 is 1.89 bits per heavy atom. The highest BCUT2D eigenvalue weighted by Gasteiger charge is 2.27. The molecule has 0 aliphatic heterocycles. The number of amides is 1. The zero-order valence-corrected chi connectivity index (χ0v) is 11.3. The first-order valence-corrected chi connectivity index (χ1v) is 6.15. The predicted octanol–water partition coefficient (Wildman–Crippen LogP) is 1.99. The number of ether oxygens (including phenoxy) is 1. The molecule has 4 N–H and O–H groups in total. The molecule has 0 radical (unpaired) electrons. The second-order valence-corrected chi connectivity index (χ2v) is 5.06. The molecule has 4 nitrogen and oxygen atoms in total. The van der Waals surface area contributed by atoms with Gasteiger partial charge in [0.05, 0.1) is 6.61 Å². The van der Waals surface area contributed by atoms with Gasteiger partial charge in [-0.05, 0) is 31.0 Å². The molecular weight excluding hydrogens is 228 g/mol. The van der Waals surface area contributed by atoms with Crippen molar-refractivity contribution in [1.82, 2.24) is 0 Å². The van der Waals surface area contributed by atoms with Crippen LogP contribution in [0.2, 0.25) is 0 Å². The highest BCUT2D eigenvalue weighted by molar-refractivity contribution is 5.79. The Labute approximate surface area is 108 Å². The Morgan fingerprint density at radius 1 is 1.33 bits per heavy atom. The van der Waals surface area contributed by atoms with Crippen LogP contribution in [0.4, 0.5) is 0 Å². The van der Waals surface area contributed by atoms with Crippen LogP contribution < -0.4 is 16.2 Å². The molecule has 0 heterocycles. The van der Waals surface area contributed by atoms with Gasteiger partial charge in [-0.3, -0.25) is 4.79 Å². The van der Waals surface area contributed by atoms with Crippen LogP contribution in [0, 0.1) is 5.41 Å². The molecule has 0 fully saturated rings. The number of hydrogen-bond acceptors (Lipinski definition) is 3. The number of carbonyl (C=O) groups is 1. The summed E-state index contributed by atoms with van der Waals surface area (Å²) in [5, 5.41) is 0. The lowest BCUT2D eigenvalue weighted by Gasteiger charge is -2.24. The summed E-state index contributed by atoms with van der Waals surface area (Å²) in [5.74, 6) is 0.492. The van der Waals surface area contributed by atoms with Crippen LogP contribution >= 0.6 is 0 Å². The van der Waals surface area contributed by atoms with E-state index in [0.717, 1.165) is 11.3 Å². The lowest BCUT2D eigenvalue weighted by Crippen LogP contribution is -2.34. The van der Waals surface area contributed by atoms with Crippen LogP contribution in [0.25, 0.3) is 0 Å². The van der Waals surface area contributed by atoms with E-state index < -0.39 is 5.41 Å². The molecule has 0 saturated heterocycles. The summed E-state index contributed by atoms with van der Waals surface area (Å²) < 4.78 is 5.36. The Bertz CT molecular complexity index is 399. The molecule has 0 aliphatic rings. The van der Waals surface area contributed by atoms with Gasteiger partial charge in [-0.25, -0.2) is 0 Å². The molecule has 0 aromatic heterocycles. The van der Waals surface area contributed by atoms with Crippen LogP contribution in [0.5, 0.6) is 5.75 Å². The summed E-state index contributed by atoms with van der Waals surface area (Å²) in [5.41, 5.74) is 11.8. The fourth-order valence-corrected chi connectivity index (χ4v) is 1.75. The van der Waals surface area contributed by atoms with Crippen LogP contribution in [0.3, 0.4) is 0 Å². The van der Waals surface area contributed by atoms with Crippen LogP contribution in [-0.4, -0.2) is 12.5 Å². The standard InChI is InChI=1S/C14H22N2O2/c1-4-18-11-7-5-10(6-8-11)12(15)9-14(2,3)13(16)17/h5-8,12H,4,9,15H2,1-3H3,(H2,16,17). The third-order valence-electron chi connectivity index (χ3n) is 3.02. The summed E-state index contributed by atoms with van der Waals surface area (Å²) in [4.78, 5) is 11.3. The topological polar surface area (TPSA) is 78.3 Å². The van der Waals surface area contributed by atoms with E-state index in [1.54, 1.807) is 0 Å². The Morgan fingerprint density at radius 3 is 2.33 bits per heavy atom. The van der Waals surface area contributed by atoms with Gasteiger partial charge in [-0.15, -0.1) is 0 Å². The van der Waals surface area contributed by atoms with Gasteiger partial charge in [0.25, 0.3) is 0 Å². The highest BCUT2D eigenvalue weighted by atomic mass is 16.5. The van der Waals surface area contributed by atoms with Gasteiger partial charge in [-0.2, -0.15) is 0 Å². The van der Waals surface area contributed by atoms with Crippen molar-refractivity contribution in [3.63, 3.8) is 0 Å². The number of benzene rings is 1. The van der Waals surface area contributed by atoms with Gasteiger partial charge in [0.1, 0.15) is 5.75 Å². The molecule has 18 heavy (non-hydrogen) atoms. The normalized spacial score (nSPS) is 13.1. The molecule has 4 heteroatoms. The van der Waals surface area contributed by atoms with Crippen molar-refractivity contribution in [3.05, 3.63) is 29.8 Å². The molecule has 0 saturated carbocycles. The first-order valence-electron chi connectivity index (χ1n) is 6.15. The monoisotopic (exact) mass is 250 g/mol. The molecule has 1 aromatic carbocycles. The van der Waals surface area contributed by atoms with E-state index in [1.165, 1.54) is 0 Å². The van der Waals surface area contributed by atoms with Crippen LogP contribution in [0.15, 0.2) is 24.3 Å². The zero-order chi connectivity index (χ0) is 13.8. The van der Waals surface area contributed by atoms with Crippen molar-refractivity contribution in [2.24, 2.45) is 16.9 Å². The average Bonchev–Trinajstić information content (AvgIpc) is 2.29. The summed E-state index contributed by atoms with van der Waals surface area (Å²) in [6, 6.07) is 7.41. The van der Waals surface area contributed by atoms with Gasteiger partial charge < -0.3 is 16.2 Å². The quantitative estimate of drug-likeness (QED) is 0.810. The van der Waals surface area contributed by atoms with Crippen molar-refractivity contribution in [2.45, 2.75) is 33.2 Å². The largest absolute Gasteiger partial charge is 0.494 e. The molecule has 1 amide bonds. The number of hydrogen-bond donors (Lipinski definition) is 2. The summed E-state index contributed by atoms with van der Waals surface area (Å²) in [7, 11) is 0. The third kappa shape index (κ3) is 3.74. The Kier molecular flexibility index (Phi) is 4.73. The second kappa shape index (κ2) is 5.87. The van der Waals surface area contributed by atoms with E-state index in [9.17, 15) is 4.79 Å². The molecule has 0 spiro atoms. The van der Waals surface area contributed by atoms with Gasteiger partial charge >= 0.3 is 0 Å². The molecular formula is C14H22N2O2. The zero-order valence-electron chi connectivity index (χ0n) is 11.3. The Hall–Kier alpha value is -1.55. The Balaban J connectivity index is 2.72. The maximum atomic E-state index is 11.3. The number of nitrogens with two attached hydrogens (primary N) is 2. The number of rotatable bonds is 6. The second-order valence-electron chi connectivity index (χ2n) is 5.06. The van der Waals surface area contributed by atoms with Crippen molar-refractivity contribution < 1.29 is 9.53 Å². The summed E-state index contributed by atoms with van der Waals surface area (Å²) >= 11 is 0. The smallest absolute Gasteiger partial charge is 0.223 e.